The maximum absolute atomic E-state index is 9.76. The lowest BCUT2D eigenvalue weighted by Gasteiger charge is -2.12. The van der Waals surface area contributed by atoms with E-state index in [1.54, 1.807) is 12.3 Å². The predicted molar refractivity (Wildman–Crippen MR) is 70.9 cm³/mol. The Bertz CT molecular complexity index is 524. The molecule has 0 aliphatic carbocycles. The van der Waals surface area contributed by atoms with Gasteiger partial charge in [-0.1, -0.05) is 12.1 Å². The number of aromatic hydroxyl groups is 1. The highest BCUT2D eigenvalue weighted by atomic mass is 35.5. The Morgan fingerprint density at radius 3 is 2.94 bits per heavy atom. The van der Waals surface area contributed by atoms with Crippen LogP contribution in [0.25, 0.3) is 10.9 Å². The first-order valence-corrected chi connectivity index (χ1v) is 5.63. The van der Waals surface area contributed by atoms with Gasteiger partial charge in [-0.25, -0.2) is 0 Å². The Morgan fingerprint density at radius 2 is 2.18 bits per heavy atom. The Morgan fingerprint density at radius 1 is 1.29 bits per heavy atom. The summed E-state index contributed by atoms with van der Waals surface area (Å²) >= 11 is 0. The van der Waals surface area contributed by atoms with Crippen LogP contribution < -0.4 is 5.32 Å². The largest absolute Gasteiger partial charge is 0.506 e. The van der Waals surface area contributed by atoms with E-state index in [0.29, 0.717) is 11.4 Å². The molecule has 90 valence electrons. The lowest BCUT2D eigenvalue weighted by atomic mass is 9.95. The van der Waals surface area contributed by atoms with Crippen molar-refractivity contribution in [3.05, 3.63) is 36.0 Å². The molecule has 2 heterocycles. The van der Waals surface area contributed by atoms with Crippen molar-refractivity contribution in [2.24, 2.45) is 0 Å². The van der Waals surface area contributed by atoms with E-state index in [4.69, 9.17) is 0 Å². The molecule has 0 saturated carbocycles. The van der Waals surface area contributed by atoms with Crippen LogP contribution >= 0.6 is 12.4 Å². The van der Waals surface area contributed by atoms with Gasteiger partial charge in [0.05, 0.1) is 0 Å². The van der Waals surface area contributed by atoms with Crippen LogP contribution in [-0.4, -0.2) is 23.2 Å². The van der Waals surface area contributed by atoms with Crippen molar-refractivity contribution in [3.63, 3.8) is 0 Å². The van der Waals surface area contributed by atoms with Crippen molar-refractivity contribution in [2.45, 2.75) is 12.3 Å². The molecule has 2 N–H and O–H groups in total. The van der Waals surface area contributed by atoms with Crippen LogP contribution in [-0.2, 0) is 0 Å². The number of pyridine rings is 1. The number of phenolic OH excluding ortho intramolecular Hbond substituents is 1. The first kappa shape index (κ1) is 12.1. The molecule has 1 saturated heterocycles. The maximum atomic E-state index is 9.76. The standard InChI is InChI=1S/C13H14N2O.ClH/c16-12-3-1-2-11-10(5-7-15-13(11)12)9-4-6-14-8-9;/h1-3,5,7,9,14,16H,4,6,8H2;1H. The highest BCUT2D eigenvalue weighted by Gasteiger charge is 2.19. The number of benzene rings is 1. The molecule has 1 unspecified atom stereocenters. The van der Waals surface area contributed by atoms with Crippen LogP contribution in [0.5, 0.6) is 5.75 Å². The molecule has 0 amide bonds. The molecule has 17 heavy (non-hydrogen) atoms. The first-order chi connectivity index (χ1) is 7.86. The minimum Gasteiger partial charge on any atom is -0.506 e. The fourth-order valence-corrected chi connectivity index (χ4v) is 2.46. The summed E-state index contributed by atoms with van der Waals surface area (Å²) in [4.78, 5) is 4.24. The third kappa shape index (κ3) is 2.08. The average Bonchev–Trinajstić information content (AvgIpc) is 2.82. The minimum atomic E-state index is 0. The normalized spacial score (nSPS) is 19.2. The molecular weight excluding hydrogens is 236 g/mol. The summed E-state index contributed by atoms with van der Waals surface area (Å²) < 4.78 is 0. The van der Waals surface area contributed by atoms with Gasteiger partial charge in [0.25, 0.3) is 0 Å². The maximum Gasteiger partial charge on any atom is 0.141 e. The number of rotatable bonds is 1. The van der Waals surface area contributed by atoms with E-state index in [2.05, 4.69) is 16.4 Å². The highest BCUT2D eigenvalue weighted by molar-refractivity contribution is 5.87. The molecule has 1 aliphatic heterocycles. The third-order valence-corrected chi connectivity index (χ3v) is 3.28. The van der Waals surface area contributed by atoms with Crippen LogP contribution in [0.2, 0.25) is 0 Å². The molecule has 4 heteroatoms. The monoisotopic (exact) mass is 250 g/mol. The van der Waals surface area contributed by atoms with E-state index >= 15 is 0 Å². The Labute approximate surface area is 106 Å². The van der Waals surface area contributed by atoms with Crippen LogP contribution in [0.4, 0.5) is 0 Å². The number of hydrogen-bond donors (Lipinski definition) is 2. The van der Waals surface area contributed by atoms with Crippen molar-refractivity contribution in [1.29, 1.82) is 0 Å². The zero-order chi connectivity index (χ0) is 11.0. The minimum absolute atomic E-state index is 0. The topological polar surface area (TPSA) is 45.1 Å². The van der Waals surface area contributed by atoms with Crippen LogP contribution in [0.1, 0.15) is 17.9 Å². The molecule has 1 aromatic carbocycles. The summed E-state index contributed by atoms with van der Waals surface area (Å²) in [7, 11) is 0. The molecule has 1 fully saturated rings. The number of aromatic nitrogens is 1. The SMILES string of the molecule is Cl.Oc1cccc2c(C3CCNC3)ccnc12. The van der Waals surface area contributed by atoms with Crippen molar-refractivity contribution >= 4 is 23.3 Å². The summed E-state index contributed by atoms with van der Waals surface area (Å²) in [5.41, 5.74) is 2.01. The number of fused-ring (bicyclic) bond motifs is 1. The van der Waals surface area contributed by atoms with Gasteiger partial charge in [0.15, 0.2) is 0 Å². The molecule has 3 nitrogen and oxygen atoms in total. The third-order valence-electron chi connectivity index (χ3n) is 3.28. The highest BCUT2D eigenvalue weighted by Crippen LogP contribution is 2.31. The van der Waals surface area contributed by atoms with E-state index in [1.807, 2.05) is 12.1 Å². The van der Waals surface area contributed by atoms with Crippen LogP contribution in [0, 0.1) is 0 Å². The van der Waals surface area contributed by atoms with Gasteiger partial charge in [-0.05, 0) is 36.6 Å². The number of para-hydroxylation sites is 1. The quantitative estimate of drug-likeness (QED) is 0.817. The lowest BCUT2D eigenvalue weighted by molar-refractivity contribution is 0.480. The van der Waals surface area contributed by atoms with E-state index in [9.17, 15) is 5.11 Å². The van der Waals surface area contributed by atoms with Crippen LogP contribution in [0.15, 0.2) is 30.5 Å². The van der Waals surface area contributed by atoms with E-state index in [-0.39, 0.29) is 18.2 Å². The second-order valence-electron chi connectivity index (χ2n) is 4.26. The fraction of sp³-hybridized carbons (Fsp3) is 0.308. The second-order valence-corrected chi connectivity index (χ2v) is 4.26. The van der Waals surface area contributed by atoms with Gasteiger partial charge in [-0.2, -0.15) is 0 Å². The average molecular weight is 251 g/mol. The molecule has 0 bridgehead atoms. The number of phenols is 1. The molecule has 1 aromatic heterocycles. The van der Waals surface area contributed by atoms with Crippen molar-refractivity contribution in [1.82, 2.24) is 10.3 Å². The number of nitrogens with zero attached hydrogens (tertiary/aromatic N) is 1. The summed E-state index contributed by atoms with van der Waals surface area (Å²) in [5.74, 6) is 0.817. The van der Waals surface area contributed by atoms with Gasteiger partial charge >= 0.3 is 0 Å². The first-order valence-electron chi connectivity index (χ1n) is 5.63. The van der Waals surface area contributed by atoms with E-state index < -0.39 is 0 Å². The molecular formula is C13H15ClN2O. The summed E-state index contributed by atoms with van der Waals surface area (Å²) in [6, 6.07) is 7.67. The Kier molecular flexibility index (Phi) is 3.50. The lowest BCUT2D eigenvalue weighted by Crippen LogP contribution is -2.08. The molecule has 1 atom stereocenters. The zero-order valence-corrected chi connectivity index (χ0v) is 10.2. The van der Waals surface area contributed by atoms with Gasteiger partial charge in [0.2, 0.25) is 0 Å². The smallest absolute Gasteiger partial charge is 0.141 e. The van der Waals surface area contributed by atoms with Crippen LogP contribution in [0.3, 0.4) is 0 Å². The molecule has 0 spiro atoms. The molecule has 0 radical (unpaired) electrons. The number of halogens is 1. The number of hydrogen-bond acceptors (Lipinski definition) is 3. The fourth-order valence-electron chi connectivity index (χ4n) is 2.46. The summed E-state index contributed by atoms with van der Waals surface area (Å²) in [6.07, 6.45) is 2.95. The van der Waals surface area contributed by atoms with Crippen molar-refractivity contribution < 1.29 is 5.11 Å². The summed E-state index contributed by atoms with van der Waals surface area (Å²) in [6.45, 7) is 2.10. The number of nitrogens with one attached hydrogen (secondary N) is 1. The Hall–Kier alpha value is -1.32. The van der Waals surface area contributed by atoms with E-state index in [1.165, 1.54) is 5.56 Å². The van der Waals surface area contributed by atoms with Gasteiger partial charge in [-0.3, -0.25) is 4.98 Å². The van der Waals surface area contributed by atoms with Gasteiger partial charge in [-0.15, -0.1) is 12.4 Å². The van der Waals surface area contributed by atoms with Gasteiger partial charge in [0.1, 0.15) is 11.3 Å². The van der Waals surface area contributed by atoms with Gasteiger partial charge in [0, 0.05) is 18.1 Å². The molecule has 2 aromatic rings. The Balaban J connectivity index is 0.00000108. The van der Waals surface area contributed by atoms with Crippen molar-refractivity contribution in [2.75, 3.05) is 13.1 Å². The molecule has 3 rings (SSSR count). The van der Waals surface area contributed by atoms with Gasteiger partial charge < -0.3 is 10.4 Å². The van der Waals surface area contributed by atoms with Crippen molar-refractivity contribution in [3.8, 4) is 5.75 Å². The summed E-state index contributed by atoms with van der Waals surface area (Å²) in [5, 5.41) is 14.2. The predicted octanol–water partition coefficient (Wildman–Crippen LogP) is 2.44. The second kappa shape index (κ2) is 4.90. The molecule has 1 aliphatic rings. The zero-order valence-electron chi connectivity index (χ0n) is 9.39. The van der Waals surface area contributed by atoms with E-state index in [0.717, 1.165) is 24.9 Å².